The number of halogens is 1. The molecule has 0 bridgehead atoms. The molecule has 98 valence electrons. The van der Waals surface area contributed by atoms with E-state index in [1.165, 1.54) is 44.9 Å². The zero-order valence-corrected chi connectivity index (χ0v) is 13.0. The molecule has 17 heavy (non-hydrogen) atoms. The highest BCUT2D eigenvalue weighted by molar-refractivity contribution is 9.09. The fourth-order valence-corrected chi connectivity index (χ4v) is 2.93. The van der Waals surface area contributed by atoms with Crippen molar-refractivity contribution in [2.45, 2.75) is 50.1 Å². The Labute approximate surface area is 117 Å². The first kappa shape index (κ1) is 15.0. The first-order chi connectivity index (χ1) is 8.34. The standard InChI is InChI=1S/C12H22BrN3S/c1-16-11-14-15-12(16)17-10-8-6-4-2-3-5-7-9-13/h11H,2-10H2,1H3. The molecule has 1 heterocycles. The minimum Gasteiger partial charge on any atom is -0.312 e. The number of hydrogen-bond acceptors (Lipinski definition) is 3. The lowest BCUT2D eigenvalue weighted by Gasteiger charge is -2.01. The van der Waals surface area contributed by atoms with Crippen LogP contribution in [-0.4, -0.2) is 25.8 Å². The third-order valence-electron chi connectivity index (χ3n) is 2.68. The van der Waals surface area contributed by atoms with Crippen molar-refractivity contribution in [2.75, 3.05) is 11.1 Å². The Bertz CT molecular complexity index is 291. The summed E-state index contributed by atoms with van der Waals surface area (Å²) in [7, 11) is 1.99. The Morgan fingerprint density at radius 3 is 2.35 bits per heavy atom. The smallest absolute Gasteiger partial charge is 0.190 e. The van der Waals surface area contributed by atoms with E-state index in [4.69, 9.17) is 0 Å². The lowest BCUT2D eigenvalue weighted by molar-refractivity contribution is 0.605. The number of thioether (sulfide) groups is 1. The number of alkyl halides is 1. The summed E-state index contributed by atoms with van der Waals surface area (Å²) in [6.07, 6.45) is 11.2. The number of aromatic nitrogens is 3. The SMILES string of the molecule is Cn1cnnc1SCCCCCCCCCBr. The van der Waals surface area contributed by atoms with Crippen LogP contribution in [0.3, 0.4) is 0 Å². The molecule has 3 nitrogen and oxygen atoms in total. The highest BCUT2D eigenvalue weighted by atomic mass is 79.9. The van der Waals surface area contributed by atoms with Gasteiger partial charge in [0.2, 0.25) is 0 Å². The third kappa shape index (κ3) is 7.09. The molecule has 0 aliphatic rings. The molecule has 0 aliphatic carbocycles. The highest BCUT2D eigenvalue weighted by Crippen LogP contribution is 2.16. The number of nitrogens with zero attached hydrogens (tertiary/aromatic N) is 3. The molecule has 0 atom stereocenters. The second kappa shape index (κ2) is 9.95. The van der Waals surface area contributed by atoms with Crippen molar-refractivity contribution in [1.29, 1.82) is 0 Å². The van der Waals surface area contributed by atoms with Crippen LogP contribution in [-0.2, 0) is 7.05 Å². The summed E-state index contributed by atoms with van der Waals surface area (Å²) in [5, 5.41) is 10.1. The van der Waals surface area contributed by atoms with Crippen LogP contribution in [0.15, 0.2) is 11.5 Å². The summed E-state index contributed by atoms with van der Waals surface area (Å²) in [5.74, 6) is 1.16. The average molecular weight is 320 g/mol. The largest absolute Gasteiger partial charge is 0.312 e. The van der Waals surface area contributed by atoms with Crippen molar-refractivity contribution < 1.29 is 0 Å². The molecule has 0 aromatic carbocycles. The third-order valence-corrected chi connectivity index (χ3v) is 4.36. The normalized spacial score (nSPS) is 10.9. The van der Waals surface area contributed by atoms with Gasteiger partial charge in [0.1, 0.15) is 6.33 Å². The molecule has 1 aromatic rings. The fraction of sp³-hybridized carbons (Fsp3) is 0.833. The van der Waals surface area contributed by atoms with Gasteiger partial charge in [-0.05, 0) is 12.8 Å². The van der Waals surface area contributed by atoms with Gasteiger partial charge in [-0.1, -0.05) is 59.8 Å². The van der Waals surface area contributed by atoms with E-state index in [0.717, 1.165) is 16.2 Å². The van der Waals surface area contributed by atoms with E-state index in [0.29, 0.717) is 0 Å². The zero-order valence-electron chi connectivity index (χ0n) is 10.6. The molecule has 0 unspecified atom stereocenters. The van der Waals surface area contributed by atoms with E-state index in [2.05, 4.69) is 26.1 Å². The summed E-state index contributed by atoms with van der Waals surface area (Å²) in [6.45, 7) is 0. The average Bonchev–Trinajstić information content (AvgIpc) is 2.73. The van der Waals surface area contributed by atoms with Crippen LogP contribution in [0.1, 0.15) is 44.9 Å². The van der Waals surface area contributed by atoms with Gasteiger partial charge >= 0.3 is 0 Å². The van der Waals surface area contributed by atoms with Gasteiger partial charge < -0.3 is 4.57 Å². The predicted molar refractivity (Wildman–Crippen MR) is 77.8 cm³/mol. The molecule has 0 fully saturated rings. The van der Waals surface area contributed by atoms with Gasteiger partial charge in [0.05, 0.1) is 0 Å². The Morgan fingerprint density at radius 1 is 1.12 bits per heavy atom. The molecule has 0 spiro atoms. The fourth-order valence-electron chi connectivity index (χ4n) is 1.65. The van der Waals surface area contributed by atoms with E-state index in [-0.39, 0.29) is 0 Å². The van der Waals surface area contributed by atoms with E-state index < -0.39 is 0 Å². The minimum atomic E-state index is 1.03. The van der Waals surface area contributed by atoms with E-state index in [1.54, 1.807) is 6.33 Å². The maximum Gasteiger partial charge on any atom is 0.190 e. The molecule has 1 aromatic heterocycles. The number of rotatable bonds is 10. The second-order valence-electron chi connectivity index (χ2n) is 4.24. The lowest BCUT2D eigenvalue weighted by Crippen LogP contribution is -1.90. The lowest BCUT2D eigenvalue weighted by atomic mass is 10.1. The summed E-state index contributed by atoms with van der Waals surface area (Å²) < 4.78 is 1.98. The molecular formula is C12H22BrN3S. The number of unbranched alkanes of at least 4 members (excludes halogenated alkanes) is 6. The quantitative estimate of drug-likeness (QED) is 0.370. The molecule has 5 heteroatoms. The van der Waals surface area contributed by atoms with Crippen LogP contribution in [0.25, 0.3) is 0 Å². The van der Waals surface area contributed by atoms with Crippen molar-refractivity contribution in [1.82, 2.24) is 14.8 Å². The van der Waals surface area contributed by atoms with Gasteiger partial charge in [-0.25, -0.2) is 0 Å². The number of aryl methyl sites for hydroxylation is 1. The Hall–Kier alpha value is -0.0300. The van der Waals surface area contributed by atoms with E-state index in [9.17, 15) is 0 Å². The first-order valence-electron chi connectivity index (χ1n) is 6.37. The summed E-state index contributed by atoms with van der Waals surface area (Å²) in [4.78, 5) is 0. The summed E-state index contributed by atoms with van der Waals surface area (Å²) in [6, 6.07) is 0. The molecule has 0 radical (unpaired) electrons. The van der Waals surface area contributed by atoms with Gasteiger partial charge in [0.25, 0.3) is 0 Å². The van der Waals surface area contributed by atoms with Crippen LogP contribution in [0, 0.1) is 0 Å². The molecule has 0 amide bonds. The molecule has 0 aliphatic heterocycles. The minimum absolute atomic E-state index is 1.03. The predicted octanol–water partition coefficient (Wildman–Crippen LogP) is 4.03. The van der Waals surface area contributed by atoms with Crippen molar-refractivity contribution >= 4 is 27.7 Å². The van der Waals surface area contributed by atoms with Gasteiger partial charge in [0.15, 0.2) is 5.16 Å². The van der Waals surface area contributed by atoms with Crippen LogP contribution in [0.4, 0.5) is 0 Å². The van der Waals surface area contributed by atoms with Crippen LogP contribution in [0.5, 0.6) is 0 Å². The van der Waals surface area contributed by atoms with Gasteiger partial charge in [-0.2, -0.15) is 0 Å². The van der Waals surface area contributed by atoms with Crippen molar-refractivity contribution in [3.05, 3.63) is 6.33 Å². The van der Waals surface area contributed by atoms with Crippen LogP contribution >= 0.6 is 27.7 Å². The highest BCUT2D eigenvalue weighted by Gasteiger charge is 2.00. The van der Waals surface area contributed by atoms with E-state index >= 15 is 0 Å². The van der Waals surface area contributed by atoms with Gasteiger partial charge in [0, 0.05) is 18.1 Å². The van der Waals surface area contributed by atoms with Crippen LogP contribution in [0.2, 0.25) is 0 Å². The summed E-state index contributed by atoms with van der Waals surface area (Å²) in [5.41, 5.74) is 0. The molecule has 0 saturated heterocycles. The monoisotopic (exact) mass is 319 g/mol. The number of hydrogen-bond donors (Lipinski definition) is 0. The second-order valence-corrected chi connectivity index (χ2v) is 6.09. The maximum atomic E-state index is 4.05. The molecule has 1 rings (SSSR count). The molecular weight excluding hydrogens is 298 g/mol. The Kier molecular flexibility index (Phi) is 8.79. The Morgan fingerprint density at radius 2 is 1.76 bits per heavy atom. The van der Waals surface area contributed by atoms with Crippen molar-refractivity contribution in [3.8, 4) is 0 Å². The zero-order chi connectivity index (χ0) is 12.3. The van der Waals surface area contributed by atoms with Gasteiger partial charge in [-0.3, -0.25) is 0 Å². The topological polar surface area (TPSA) is 30.7 Å². The van der Waals surface area contributed by atoms with E-state index in [1.807, 2.05) is 23.4 Å². The van der Waals surface area contributed by atoms with Gasteiger partial charge in [-0.15, -0.1) is 10.2 Å². The molecule has 0 N–H and O–H groups in total. The Balaban J connectivity index is 1.86. The summed E-state index contributed by atoms with van der Waals surface area (Å²) >= 11 is 5.27. The maximum absolute atomic E-state index is 4.05. The van der Waals surface area contributed by atoms with Crippen molar-refractivity contribution in [2.24, 2.45) is 7.05 Å². The van der Waals surface area contributed by atoms with Crippen LogP contribution < -0.4 is 0 Å². The first-order valence-corrected chi connectivity index (χ1v) is 8.48. The van der Waals surface area contributed by atoms with Crippen molar-refractivity contribution in [3.63, 3.8) is 0 Å². The molecule has 0 saturated carbocycles.